The summed E-state index contributed by atoms with van der Waals surface area (Å²) in [6.07, 6.45) is 2.30. The van der Waals surface area contributed by atoms with Crippen molar-refractivity contribution in [1.82, 2.24) is 15.5 Å². The van der Waals surface area contributed by atoms with E-state index in [2.05, 4.69) is 15.5 Å². The van der Waals surface area contributed by atoms with E-state index in [9.17, 15) is 4.79 Å². The monoisotopic (exact) mass is 354 g/mol. The number of benzene rings is 1. The summed E-state index contributed by atoms with van der Waals surface area (Å²) in [6, 6.07) is 8.58. The van der Waals surface area contributed by atoms with E-state index in [0.717, 1.165) is 47.9 Å². The van der Waals surface area contributed by atoms with E-state index < -0.39 is 0 Å². The lowest BCUT2D eigenvalue weighted by atomic mass is 9.82. The Bertz CT molecular complexity index is 709. The number of quaternary nitrogens is 1. The predicted molar refractivity (Wildman–Crippen MR) is 85.7 cm³/mol. The molecule has 4 heterocycles. The third-order valence-electron chi connectivity index (χ3n) is 5.36. The van der Waals surface area contributed by atoms with Crippen molar-refractivity contribution in [2.45, 2.75) is 18.9 Å². The molecule has 1 amide bonds. The number of H-pyrrole nitrogens is 1. The van der Waals surface area contributed by atoms with Crippen LogP contribution in [0.25, 0.3) is 10.9 Å². The van der Waals surface area contributed by atoms with Crippen LogP contribution in [0.5, 0.6) is 0 Å². The van der Waals surface area contributed by atoms with Crippen LogP contribution in [0.3, 0.4) is 0 Å². The number of nitrogens with zero attached hydrogens (tertiary/aromatic N) is 2. The smallest absolute Gasteiger partial charge is 0.272 e. The second-order valence-corrected chi connectivity index (χ2v) is 6.87. The Morgan fingerprint density at radius 3 is 2.83 bits per heavy atom. The summed E-state index contributed by atoms with van der Waals surface area (Å²) in [7, 11) is 0. The zero-order chi connectivity index (χ0) is 15.2. The highest BCUT2D eigenvalue weighted by Crippen LogP contribution is 2.34. The van der Waals surface area contributed by atoms with Crippen molar-refractivity contribution in [3.05, 3.63) is 30.0 Å². The van der Waals surface area contributed by atoms with Gasteiger partial charge < -0.3 is 22.2 Å². The first-order chi connectivity index (χ1) is 10.7. The fourth-order valence-electron chi connectivity index (χ4n) is 3.99. The SMILES string of the molecule is O=C(N[C@@H]1C[N+]2(CCl)CCC1CC2)c1n[nH]c2ccccc12.[Cl-]. The minimum atomic E-state index is -0.0797. The molecule has 1 atom stereocenters. The molecule has 0 aliphatic carbocycles. The molecule has 3 fully saturated rings. The molecule has 124 valence electrons. The van der Waals surface area contributed by atoms with Crippen molar-refractivity contribution in [3.63, 3.8) is 0 Å². The van der Waals surface area contributed by atoms with Gasteiger partial charge in [0.1, 0.15) is 6.54 Å². The molecule has 2 N–H and O–H groups in total. The van der Waals surface area contributed by atoms with Crippen LogP contribution in [-0.2, 0) is 0 Å². The number of aromatic amines is 1. The zero-order valence-corrected chi connectivity index (χ0v) is 14.3. The van der Waals surface area contributed by atoms with Gasteiger partial charge in [-0.2, -0.15) is 5.10 Å². The van der Waals surface area contributed by atoms with Crippen LogP contribution in [0.1, 0.15) is 23.3 Å². The fourth-order valence-corrected chi connectivity index (χ4v) is 4.33. The van der Waals surface area contributed by atoms with Gasteiger partial charge in [-0.05, 0) is 12.0 Å². The number of carbonyl (C=O) groups excluding carboxylic acids is 1. The van der Waals surface area contributed by atoms with Crippen molar-refractivity contribution in [2.24, 2.45) is 5.92 Å². The van der Waals surface area contributed by atoms with Crippen molar-refractivity contribution in [3.8, 4) is 0 Å². The Morgan fingerprint density at radius 1 is 1.35 bits per heavy atom. The number of hydrogen-bond donors (Lipinski definition) is 2. The predicted octanol–water partition coefficient (Wildman–Crippen LogP) is -0.898. The highest BCUT2D eigenvalue weighted by atomic mass is 35.5. The van der Waals surface area contributed by atoms with E-state index in [0.29, 0.717) is 17.6 Å². The summed E-state index contributed by atoms with van der Waals surface area (Å²) in [5, 5.41) is 11.2. The third kappa shape index (κ3) is 2.82. The third-order valence-corrected chi connectivity index (χ3v) is 5.86. The van der Waals surface area contributed by atoms with Gasteiger partial charge >= 0.3 is 0 Å². The Morgan fingerprint density at radius 2 is 2.09 bits per heavy atom. The largest absolute Gasteiger partial charge is 1.00 e. The van der Waals surface area contributed by atoms with Crippen molar-refractivity contribution in [2.75, 3.05) is 25.6 Å². The molecule has 3 aliphatic heterocycles. The molecule has 5 nitrogen and oxygen atoms in total. The minimum absolute atomic E-state index is 0. The summed E-state index contributed by atoms with van der Waals surface area (Å²) in [6.45, 7) is 3.24. The zero-order valence-electron chi connectivity index (χ0n) is 12.8. The number of fused-ring (bicyclic) bond motifs is 4. The molecule has 5 rings (SSSR count). The van der Waals surface area contributed by atoms with Crippen molar-refractivity contribution < 1.29 is 21.7 Å². The van der Waals surface area contributed by atoms with Crippen LogP contribution in [0.15, 0.2) is 24.3 Å². The van der Waals surface area contributed by atoms with Crippen LogP contribution >= 0.6 is 11.6 Å². The quantitative estimate of drug-likeness (QED) is 0.426. The standard InChI is InChI=1S/C16H19ClN4O.ClH/c17-10-21-7-5-11(6-8-21)14(9-21)18-16(22)15-12-3-1-2-4-13(12)19-20-15;/h1-4,11,14H,5-10H2,(H-,18,19,20,22);1H/t11?,14-,21?;/m1./s1. The molecular formula is C16H20Cl2N4O. The van der Waals surface area contributed by atoms with E-state index >= 15 is 0 Å². The maximum Gasteiger partial charge on any atom is 0.272 e. The highest BCUT2D eigenvalue weighted by Gasteiger charge is 2.46. The summed E-state index contributed by atoms with van der Waals surface area (Å²) in [5.74, 6) is 0.501. The lowest BCUT2D eigenvalue weighted by molar-refractivity contribution is -0.933. The van der Waals surface area contributed by atoms with Gasteiger partial charge in [-0.1, -0.05) is 29.8 Å². The van der Waals surface area contributed by atoms with Crippen LogP contribution in [0.2, 0.25) is 0 Å². The Labute approximate surface area is 146 Å². The van der Waals surface area contributed by atoms with Gasteiger partial charge in [0.2, 0.25) is 0 Å². The number of rotatable bonds is 3. The molecule has 0 unspecified atom stereocenters. The van der Waals surface area contributed by atoms with Crippen molar-refractivity contribution >= 4 is 28.4 Å². The first-order valence-corrected chi connectivity index (χ1v) is 8.39. The summed E-state index contributed by atoms with van der Waals surface area (Å²) < 4.78 is 0.935. The molecule has 23 heavy (non-hydrogen) atoms. The number of hydrogen-bond acceptors (Lipinski definition) is 2. The normalized spacial score (nSPS) is 29.3. The van der Waals surface area contributed by atoms with Crippen LogP contribution < -0.4 is 17.7 Å². The lowest BCUT2D eigenvalue weighted by Gasteiger charge is -2.51. The maximum atomic E-state index is 12.6. The average molecular weight is 355 g/mol. The first kappa shape index (κ1) is 16.6. The molecule has 1 aromatic heterocycles. The summed E-state index contributed by atoms with van der Waals surface area (Å²) >= 11 is 6.18. The van der Waals surface area contributed by atoms with E-state index in [1.54, 1.807) is 0 Å². The summed E-state index contributed by atoms with van der Waals surface area (Å²) in [5.41, 5.74) is 1.38. The Kier molecular flexibility index (Phi) is 4.54. The number of piperidine rings is 3. The van der Waals surface area contributed by atoms with Crippen LogP contribution in [0.4, 0.5) is 0 Å². The molecule has 2 aromatic rings. The number of nitrogens with one attached hydrogen (secondary N) is 2. The maximum absolute atomic E-state index is 12.6. The van der Waals surface area contributed by atoms with Crippen molar-refractivity contribution in [1.29, 1.82) is 0 Å². The molecule has 7 heteroatoms. The second kappa shape index (κ2) is 6.30. The van der Waals surface area contributed by atoms with E-state index in [4.69, 9.17) is 11.6 Å². The number of para-hydroxylation sites is 1. The molecular weight excluding hydrogens is 335 g/mol. The average Bonchev–Trinajstić information content (AvgIpc) is 3.00. The van der Waals surface area contributed by atoms with Gasteiger partial charge in [0, 0.05) is 18.2 Å². The van der Waals surface area contributed by atoms with Gasteiger partial charge in [0.05, 0.1) is 24.6 Å². The molecule has 0 radical (unpaired) electrons. The number of aromatic nitrogens is 2. The lowest BCUT2D eigenvalue weighted by Crippen LogP contribution is -3.00. The highest BCUT2D eigenvalue weighted by molar-refractivity contribution is 6.17. The first-order valence-electron chi connectivity index (χ1n) is 7.86. The molecule has 0 spiro atoms. The fraction of sp³-hybridized carbons (Fsp3) is 0.500. The van der Waals surface area contributed by atoms with Gasteiger partial charge in [0.15, 0.2) is 11.7 Å². The summed E-state index contributed by atoms with van der Waals surface area (Å²) in [4.78, 5) is 12.6. The Hall–Kier alpha value is -1.30. The number of halogens is 2. The number of carbonyl (C=O) groups is 1. The van der Waals surface area contributed by atoms with Crippen LogP contribution in [0, 0.1) is 5.92 Å². The number of amides is 1. The molecule has 3 aliphatic rings. The second-order valence-electron chi connectivity index (χ2n) is 6.63. The van der Waals surface area contributed by atoms with Gasteiger partial charge in [-0.3, -0.25) is 9.89 Å². The van der Waals surface area contributed by atoms with E-state index in [1.165, 1.54) is 0 Å². The van der Waals surface area contributed by atoms with Gasteiger partial charge in [-0.15, -0.1) is 0 Å². The Balaban J connectivity index is 0.00000156. The topological polar surface area (TPSA) is 57.8 Å². The van der Waals surface area contributed by atoms with Crippen LogP contribution in [-0.4, -0.2) is 52.3 Å². The molecule has 1 aromatic carbocycles. The number of alkyl halides is 1. The molecule has 0 saturated carbocycles. The van der Waals surface area contributed by atoms with Gasteiger partial charge in [0.25, 0.3) is 5.91 Å². The minimum Gasteiger partial charge on any atom is -1.00 e. The molecule has 3 saturated heterocycles. The van der Waals surface area contributed by atoms with Gasteiger partial charge in [-0.25, -0.2) is 0 Å². The molecule has 2 bridgehead atoms. The van der Waals surface area contributed by atoms with E-state index in [-0.39, 0.29) is 24.4 Å². The van der Waals surface area contributed by atoms with E-state index in [1.807, 2.05) is 24.3 Å².